The Morgan fingerprint density at radius 2 is 2.00 bits per heavy atom. The van der Waals surface area contributed by atoms with Crippen LogP contribution in [0.1, 0.15) is 31.3 Å². The van der Waals surface area contributed by atoms with Crippen molar-refractivity contribution in [2.24, 2.45) is 11.7 Å². The molecule has 0 unspecified atom stereocenters. The fraction of sp³-hybridized carbons (Fsp3) is 0.500. The van der Waals surface area contributed by atoms with Crippen molar-refractivity contribution in [3.05, 3.63) is 29.3 Å². The molecule has 0 saturated carbocycles. The summed E-state index contributed by atoms with van der Waals surface area (Å²) in [4.78, 5) is 4.09. The molecule has 0 radical (unpaired) electrons. The van der Waals surface area contributed by atoms with Gasteiger partial charge in [-0.2, -0.15) is 0 Å². The van der Waals surface area contributed by atoms with Crippen molar-refractivity contribution in [3.63, 3.8) is 0 Å². The van der Waals surface area contributed by atoms with E-state index in [1.807, 2.05) is 13.8 Å². The van der Waals surface area contributed by atoms with Gasteiger partial charge in [0.2, 0.25) is 0 Å². The van der Waals surface area contributed by atoms with Crippen LogP contribution in [-0.2, 0) is 0 Å². The third-order valence-electron chi connectivity index (χ3n) is 2.10. The second-order valence-corrected chi connectivity index (χ2v) is 3.57. The van der Waals surface area contributed by atoms with Crippen LogP contribution in [0.4, 0.5) is 4.39 Å². The zero-order valence-corrected chi connectivity index (χ0v) is 8.21. The van der Waals surface area contributed by atoms with Gasteiger partial charge in [0, 0.05) is 6.04 Å². The molecule has 1 aromatic heterocycles. The standard InChI is InChI=1S/C10H15FN2/c1-6(2)10(12)9-5-4-8(11)7(3)13-9/h4-6,10H,12H2,1-3H3/t10-/m1/s1. The first kappa shape index (κ1) is 10.1. The Bertz CT molecular complexity index is 297. The minimum absolute atomic E-state index is 0.112. The molecule has 2 N–H and O–H groups in total. The highest BCUT2D eigenvalue weighted by Gasteiger charge is 2.12. The Labute approximate surface area is 78.0 Å². The summed E-state index contributed by atoms with van der Waals surface area (Å²) in [5.41, 5.74) is 7.04. The van der Waals surface area contributed by atoms with Crippen molar-refractivity contribution < 1.29 is 4.39 Å². The predicted molar refractivity (Wildman–Crippen MR) is 50.7 cm³/mol. The molecule has 1 rings (SSSR count). The van der Waals surface area contributed by atoms with Gasteiger partial charge in [-0.15, -0.1) is 0 Å². The van der Waals surface area contributed by atoms with Gasteiger partial charge in [0.1, 0.15) is 5.82 Å². The first-order valence-electron chi connectivity index (χ1n) is 4.41. The van der Waals surface area contributed by atoms with Crippen molar-refractivity contribution in [3.8, 4) is 0 Å². The van der Waals surface area contributed by atoms with Crippen LogP contribution in [0.5, 0.6) is 0 Å². The van der Waals surface area contributed by atoms with Gasteiger partial charge >= 0.3 is 0 Å². The molecule has 1 heterocycles. The number of rotatable bonds is 2. The molecule has 1 aromatic rings. The van der Waals surface area contributed by atoms with Crippen LogP contribution in [-0.4, -0.2) is 4.98 Å². The molecule has 1 atom stereocenters. The Morgan fingerprint density at radius 3 is 2.46 bits per heavy atom. The van der Waals surface area contributed by atoms with E-state index in [4.69, 9.17) is 5.73 Å². The number of pyridine rings is 1. The highest BCUT2D eigenvalue weighted by molar-refractivity contribution is 5.15. The Balaban J connectivity index is 2.97. The smallest absolute Gasteiger partial charge is 0.144 e. The second-order valence-electron chi connectivity index (χ2n) is 3.57. The summed E-state index contributed by atoms with van der Waals surface area (Å²) in [7, 11) is 0. The first-order chi connectivity index (χ1) is 6.02. The quantitative estimate of drug-likeness (QED) is 0.761. The number of aromatic nitrogens is 1. The van der Waals surface area contributed by atoms with Gasteiger partial charge in [-0.1, -0.05) is 13.8 Å². The van der Waals surface area contributed by atoms with E-state index in [9.17, 15) is 4.39 Å². The zero-order valence-electron chi connectivity index (χ0n) is 8.21. The van der Waals surface area contributed by atoms with Gasteiger partial charge in [0.15, 0.2) is 0 Å². The van der Waals surface area contributed by atoms with Gasteiger partial charge in [-0.05, 0) is 25.0 Å². The minimum atomic E-state index is -0.278. The molecule has 0 fully saturated rings. The molecule has 0 aliphatic carbocycles. The van der Waals surface area contributed by atoms with E-state index in [1.54, 1.807) is 13.0 Å². The van der Waals surface area contributed by atoms with E-state index >= 15 is 0 Å². The van der Waals surface area contributed by atoms with Crippen molar-refractivity contribution in [1.29, 1.82) is 0 Å². The van der Waals surface area contributed by atoms with Gasteiger partial charge in [0.25, 0.3) is 0 Å². The topological polar surface area (TPSA) is 38.9 Å². The molecular formula is C10H15FN2. The molecule has 72 valence electrons. The summed E-state index contributed by atoms with van der Waals surface area (Å²) in [6, 6.07) is 2.95. The summed E-state index contributed by atoms with van der Waals surface area (Å²) in [6.45, 7) is 5.68. The SMILES string of the molecule is Cc1nc([C@H](N)C(C)C)ccc1F. The van der Waals surface area contributed by atoms with Crippen LogP contribution < -0.4 is 5.73 Å². The van der Waals surface area contributed by atoms with Crippen molar-refractivity contribution >= 4 is 0 Å². The summed E-state index contributed by atoms with van der Waals surface area (Å²) in [5.74, 6) is 0.0390. The highest BCUT2D eigenvalue weighted by atomic mass is 19.1. The van der Waals surface area contributed by atoms with E-state index in [2.05, 4.69) is 4.98 Å². The van der Waals surface area contributed by atoms with Crippen LogP contribution >= 0.6 is 0 Å². The zero-order chi connectivity index (χ0) is 10.0. The average molecular weight is 182 g/mol. The summed E-state index contributed by atoms with van der Waals surface area (Å²) in [6.07, 6.45) is 0. The number of halogens is 1. The Morgan fingerprint density at radius 1 is 1.38 bits per heavy atom. The third-order valence-corrected chi connectivity index (χ3v) is 2.10. The molecule has 0 saturated heterocycles. The highest BCUT2D eigenvalue weighted by Crippen LogP contribution is 2.17. The summed E-state index contributed by atoms with van der Waals surface area (Å²) < 4.78 is 12.9. The van der Waals surface area contributed by atoms with Gasteiger partial charge in [-0.25, -0.2) is 4.39 Å². The summed E-state index contributed by atoms with van der Waals surface area (Å²) in [5, 5.41) is 0. The largest absolute Gasteiger partial charge is 0.322 e. The molecule has 0 spiro atoms. The number of hydrogen-bond donors (Lipinski definition) is 1. The fourth-order valence-electron chi connectivity index (χ4n) is 1.09. The van der Waals surface area contributed by atoms with Crippen LogP contribution in [0.15, 0.2) is 12.1 Å². The van der Waals surface area contributed by atoms with E-state index < -0.39 is 0 Å². The monoisotopic (exact) mass is 182 g/mol. The second kappa shape index (κ2) is 3.83. The summed E-state index contributed by atoms with van der Waals surface area (Å²) >= 11 is 0. The first-order valence-corrected chi connectivity index (χ1v) is 4.41. The molecule has 0 aliphatic heterocycles. The number of nitrogens with two attached hydrogens (primary N) is 1. The molecule has 0 amide bonds. The maximum atomic E-state index is 12.9. The molecule has 13 heavy (non-hydrogen) atoms. The average Bonchev–Trinajstić information content (AvgIpc) is 2.08. The van der Waals surface area contributed by atoms with Crippen LogP contribution in [0.2, 0.25) is 0 Å². The maximum Gasteiger partial charge on any atom is 0.144 e. The van der Waals surface area contributed by atoms with Crippen molar-refractivity contribution in [2.75, 3.05) is 0 Å². The Hall–Kier alpha value is -0.960. The van der Waals surface area contributed by atoms with Crippen LogP contribution in [0.25, 0.3) is 0 Å². The van der Waals surface area contributed by atoms with E-state index in [1.165, 1.54) is 6.07 Å². The molecular weight excluding hydrogens is 167 g/mol. The van der Waals surface area contributed by atoms with E-state index in [-0.39, 0.29) is 11.9 Å². The Kier molecular flexibility index (Phi) is 2.98. The maximum absolute atomic E-state index is 12.9. The van der Waals surface area contributed by atoms with Crippen LogP contribution in [0.3, 0.4) is 0 Å². The van der Waals surface area contributed by atoms with Gasteiger partial charge in [-0.3, -0.25) is 4.98 Å². The molecule has 2 nitrogen and oxygen atoms in total. The molecule has 0 aromatic carbocycles. The van der Waals surface area contributed by atoms with Crippen molar-refractivity contribution in [2.45, 2.75) is 26.8 Å². The lowest BCUT2D eigenvalue weighted by Gasteiger charge is -2.15. The predicted octanol–water partition coefficient (Wildman–Crippen LogP) is 2.18. The third kappa shape index (κ3) is 2.25. The van der Waals surface area contributed by atoms with E-state index in [0.717, 1.165) is 5.69 Å². The van der Waals surface area contributed by atoms with E-state index in [0.29, 0.717) is 11.6 Å². The van der Waals surface area contributed by atoms with Crippen molar-refractivity contribution in [1.82, 2.24) is 4.98 Å². The normalized spacial score (nSPS) is 13.4. The fourth-order valence-corrected chi connectivity index (χ4v) is 1.09. The molecule has 0 bridgehead atoms. The molecule has 3 heteroatoms. The van der Waals surface area contributed by atoms with Gasteiger partial charge < -0.3 is 5.73 Å². The van der Waals surface area contributed by atoms with Gasteiger partial charge in [0.05, 0.1) is 11.4 Å². The van der Waals surface area contributed by atoms with Crippen LogP contribution in [0, 0.1) is 18.7 Å². The minimum Gasteiger partial charge on any atom is -0.322 e. The molecule has 0 aliphatic rings. The number of aryl methyl sites for hydroxylation is 1. The lowest BCUT2D eigenvalue weighted by molar-refractivity contribution is 0.498. The number of nitrogens with zero attached hydrogens (tertiary/aromatic N) is 1. The lowest BCUT2D eigenvalue weighted by Crippen LogP contribution is -2.18. The lowest BCUT2D eigenvalue weighted by atomic mass is 10.0. The number of hydrogen-bond acceptors (Lipinski definition) is 2.